The van der Waals surface area contributed by atoms with Crippen molar-refractivity contribution in [3.8, 4) is 11.3 Å². The molecule has 0 saturated heterocycles. The summed E-state index contributed by atoms with van der Waals surface area (Å²) < 4.78 is 0. The Bertz CT molecular complexity index is 1190. The van der Waals surface area contributed by atoms with Gasteiger partial charge in [-0.05, 0) is 29.0 Å². The van der Waals surface area contributed by atoms with Crippen molar-refractivity contribution in [2.75, 3.05) is 6.54 Å². The van der Waals surface area contributed by atoms with Crippen molar-refractivity contribution < 1.29 is 4.79 Å². The molecule has 4 aromatic rings. The quantitative estimate of drug-likeness (QED) is 0.521. The number of nitrogens with one attached hydrogen (secondary N) is 1. The second-order valence-electron chi connectivity index (χ2n) is 7.04. The maximum absolute atomic E-state index is 13.3. The Labute approximate surface area is 167 Å². The van der Waals surface area contributed by atoms with Gasteiger partial charge in [0.15, 0.2) is 0 Å². The summed E-state index contributed by atoms with van der Waals surface area (Å²) in [5.74, 6) is 0.0562. The number of hydrogen-bond acceptors (Lipinski definition) is 2. The number of hydrogen-bond donors (Lipinski definition) is 1. The highest BCUT2D eigenvalue weighted by Crippen LogP contribution is 2.31. The SMILES string of the molecule is O=C(c1cccc2ccccc12)N1CCc2[nH]nc(-c3cccc(Cl)c3)c2C1. The van der Waals surface area contributed by atoms with Gasteiger partial charge in [0.05, 0.1) is 5.69 Å². The molecule has 0 atom stereocenters. The van der Waals surface area contributed by atoms with Crippen LogP contribution in [-0.2, 0) is 13.0 Å². The van der Waals surface area contributed by atoms with Gasteiger partial charge >= 0.3 is 0 Å². The minimum absolute atomic E-state index is 0.0562. The molecular formula is C23H18ClN3O. The van der Waals surface area contributed by atoms with Crippen molar-refractivity contribution in [1.82, 2.24) is 15.1 Å². The zero-order valence-corrected chi connectivity index (χ0v) is 15.9. The fraction of sp³-hybridized carbons (Fsp3) is 0.130. The molecule has 0 saturated carbocycles. The summed E-state index contributed by atoms with van der Waals surface area (Å²) in [5.41, 5.74) is 4.74. The molecule has 1 amide bonds. The second-order valence-corrected chi connectivity index (χ2v) is 7.48. The summed E-state index contributed by atoms with van der Waals surface area (Å²) in [6.45, 7) is 1.21. The van der Waals surface area contributed by atoms with E-state index in [-0.39, 0.29) is 5.91 Å². The van der Waals surface area contributed by atoms with Crippen LogP contribution >= 0.6 is 11.6 Å². The molecule has 138 valence electrons. The van der Waals surface area contributed by atoms with E-state index in [0.29, 0.717) is 18.1 Å². The van der Waals surface area contributed by atoms with Crippen LogP contribution in [0.1, 0.15) is 21.6 Å². The van der Waals surface area contributed by atoms with Gasteiger partial charge in [-0.2, -0.15) is 5.10 Å². The number of rotatable bonds is 2. The maximum Gasteiger partial charge on any atom is 0.254 e. The Morgan fingerprint density at radius 3 is 2.75 bits per heavy atom. The lowest BCUT2D eigenvalue weighted by Crippen LogP contribution is -2.36. The highest BCUT2D eigenvalue weighted by atomic mass is 35.5. The Kier molecular flexibility index (Phi) is 4.14. The molecule has 0 spiro atoms. The van der Waals surface area contributed by atoms with Gasteiger partial charge < -0.3 is 4.90 Å². The third-order valence-electron chi connectivity index (χ3n) is 5.34. The summed E-state index contributed by atoms with van der Waals surface area (Å²) in [7, 11) is 0. The van der Waals surface area contributed by atoms with Crippen LogP contribution < -0.4 is 0 Å². The zero-order valence-electron chi connectivity index (χ0n) is 15.2. The van der Waals surface area contributed by atoms with E-state index in [1.165, 1.54) is 0 Å². The van der Waals surface area contributed by atoms with Gasteiger partial charge in [0.1, 0.15) is 0 Å². The monoisotopic (exact) mass is 387 g/mol. The number of aromatic nitrogens is 2. The van der Waals surface area contributed by atoms with Crippen molar-refractivity contribution in [2.24, 2.45) is 0 Å². The molecule has 5 rings (SSSR count). The standard InChI is InChI=1S/C23H18ClN3O/c24-17-8-3-7-16(13-17)22-20-14-27(12-11-21(20)25-26-22)23(28)19-10-4-6-15-5-1-2-9-18(15)19/h1-10,13H,11-12,14H2,(H,25,26). The first kappa shape index (κ1) is 17.0. The number of H-pyrrole nitrogens is 1. The highest BCUT2D eigenvalue weighted by Gasteiger charge is 2.27. The molecule has 4 nitrogen and oxygen atoms in total. The van der Waals surface area contributed by atoms with E-state index in [4.69, 9.17) is 11.6 Å². The number of carbonyl (C=O) groups is 1. The summed E-state index contributed by atoms with van der Waals surface area (Å²) in [6, 6.07) is 21.6. The van der Waals surface area contributed by atoms with Gasteiger partial charge in [-0.15, -0.1) is 0 Å². The number of halogens is 1. The predicted molar refractivity (Wildman–Crippen MR) is 111 cm³/mol. The number of amides is 1. The fourth-order valence-corrected chi connectivity index (χ4v) is 4.12. The van der Waals surface area contributed by atoms with Gasteiger partial charge in [-0.25, -0.2) is 0 Å². The molecule has 1 aromatic heterocycles. The molecule has 0 bridgehead atoms. The van der Waals surface area contributed by atoms with Gasteiger partial charge in [0, 0.05) is 46.9 Å². The summed E-state index contributed by atoms with van der Waals surface area (Å²) in [5, 5.41) is 10.4. The van der Waals surface area contributed by atoms with Gasteiger partial charge in [-0.3, -0.25) is 9.89 Å². The van der Waals surface area contributed by atoms with Crippen LogP contribution in [0.15, 0.2) is 66.7 Å². The molecule has 0 unspecified atom stereocenters. The average molecular weight is 388 g/mol. The van der Waals surface area contributed by atoms with Crippen molar-refractivity contribution in [3.05, 3.63) is 88.6 Å². The van der Waals surface area contributed by atoms with Crippen molar-refractivity contribution >= 4 is 28.3 Å². The van der Waals surface area contributed by atoms with Crippen LogP contribution in [0.3, 0.4) is 0 Å². The second kappa shape index (κ2) is 6.80. The Balaban J connectivity index is 1.50. The predicted octanol–water partition coefficient (Wildman–Crippen LogP) is 5.08. The molecule has 28 heavy (non-hydrogen) atoms. The third-order valence-corrected chi connectivity index (χ3v) is 5.57. The number of fused-ring (bicyclic) bond motifs is 2. The number of aromatic amines is 1. The minimum atomic E-state index is 0.0562. The molecule has 2 heterocycles. The van der Waals surface area contributed by atoms with Gasteiger partial charge in [0.2, 0.25) is 0 Å². The van der Waals surface area contributed by atoms with Crippen LogP contribution in [0.4, 0.5) is 0 Å². The number of nitrogens with zero attached hydrogens (tertiary/aromatic N) is 2. The van der Waals surface area contributed by atoms with Gasteiger partial charge in [-0.1, -0.05) is 60.1 Å². The molecule has 3 aromatic carbocycles. The van der Waals surface area contributed by atoms with Gasteiger partial charge in [0.25, 0.3) is 5.91 Å². The molecular weight excluding hydrogens is 370 g/mol. The molecule has 0 fully saturated rings. The lowest BCUT2D eigenvalue weighted by atomic mass is 9.99. The van der Waals surface area contributed by atoms with E-state index in [9.17, 15) is 4.79 Å². The van der Waals surface area contributed by atoms with E-state index in [0.717, 1.165) is 45.3 Å². The topological polar surface area (TPSA) is 49.0 Å². The van der Waals surface area contributed by atoms with Crippen molar-refractivity contribution in [1.29, 1.82) is 0 Å². The summed E-state index contributed by atoms with van der Waals surface area (Å²) in [4.78, 5) is 15.2. The number of carbonyl (C=O) groups excluding carboxylic acids is 1. The van der Waals surface area contributed by atoms with Crippen LogP contribution in [0.25, 0.3) is 22.0 Å². The smallest absolute Gasteiger partial charge is 0.254 e. The molecule has 5 heteroatoms. The van der Waals surface area contributed by atoms with Crippen LogP contribution in [0, 0.1) is 0 Å². The lowest BCUT2D eigenvalue weighted by Gasteiger charge is -2.27. The zero-order chi connectivity index (χ0) is 19.1. The molecule has 0 aliphatic carbocycles. The number of benzene rings is 3. The Hall–Kier alpha value is -3.11. The molecule has 0 radical (unpaired) electrons. The first-order valence-corrected chi connectivity index (χ1v) is 9.67. The van der Waals surface area contributed by atoms with E-state index in [2.05, 4.69) is 10.2 Å². The van der Waals surface area contributed by atoms with E-state index in [1.807, 2.05) is 71.6 Å². The first-order chi connectivity index (χ1) is 13.7. The molecule has 1 aliphatic heterocycles. The van der Waals surface area contributed by atoms with E-state index in [1.54, 1.807) is 0 Å². The lowest BCUT2D eigenvalue weighted by molar-refractivity contribution is 0.0736. The van der Waals surface area contributed by atoms with Crippen molar-refractivity contribution in [3.63, 3.8) is 0 Å². The highest BCUT2D eigenvalue weighted by molar-refractivity contribution is 6.30. The summed E-state index contributed by atoms with van der Waals surface area (Å²) >= 11 is 6.16. The van der Waals surface area contributed by atoms with E-state index >= 15 is 0 Å². The molecule has 1 N–H and O–H groups in total. The Morgan fingerprint density at radius 2 is 1.86 bits per heavy atom. The normalized spacial score (nSPS) is 13.5. The molecule has 1 aliphatic rings. The van der Waals surface area contributed by atoms with Crippen LogP contribution in [0.5, 0.6) is 0 Å². The fourth-order valence-electron chi connectivity index (χ4n) is 3.93. The largest absolute Gasteiger partial charge is 0.334 e. The average Bonchev–Trinajstić information content (AvgIpc) is 3.16. The van der Waals surface area contributed by atoms with Crippen LogP contribution in [0.2, 0.25) is 5.02 Å². The Morgan fingerprint density at radius 1 is 1.04 bits per heavy atom. The van der Waals surface area contributed by atoms with Crippen LogP contribution in [-0.4, -0.2) is 27.5 Å². The van der Waals surface area contributed by atoms with Crippen molar-refractivity contribution in [2.45, 2.75) is 13.0 Å². The maximum atomic E-state index is 13.3. The summed E-state index contributed by atoms with van der Waals surface area (Å²) in [6.07, 6.45) is 0.763. The first-order valence-electron chi connectivity index (χ1n) is 9.30. The van der Waals surface area contributed by atoms with E-state index < -0.39 is 0 Å². The minimum Gasteiger partial charge on any atom is -0.334 e. The third kappa shape index (κ3) is 2.86.